The second-order valence-electron chi connectivity index (χ2n) is 4.21. The molecular weight excluding hydrogens is 352 g/mol. The van der Waals surface area contributed by atoms with Crippen LogP contribution in [0.2, 0.25) is 0 Å². The predicted molar refractivity (Wildman–Crippen MR) is 73.9 cm³/mol. The summed E-state index contributed by atoms with van der Waals surface area (Å²) in [7, 11) is 0. The average Bonchev–Trinajstić information content (AvgIpc) is 2.90. The van der Waals surface area contributed by atoms with E-state index in [1.807, 2.05) is 6.07 Å². The van der Waals surface area contributed by atoms with E-state index in [1.54, 1.807) is 6.07 Å². The fourth-order valence-electron chi connectivity index (χ4n) is 2.04. The van der Waals surface area contributed by atoms with E-state index in [4.69, 9.17) is 0 Å². The number of benzene rings is 1. The lowest BCUT2D eigenvalue weighted by atomic mass is 10.1. The third-order valence-corrected chi connectivity index (χ3v) is 4.56. The van der Waals surface area contributed by atoms with Gasteiger partial charge in [0, 0.05) is 10.9 Å². The van der Waals surface area contributed by atoms with Crippen molar-refractivity contribution in [1.29, 1.82) is 0 Å². The fraction of sp³-hybridized carbons (Fsp3) is 0.0769. The average molecular weight is 358 g/mol. The largest absolute Gasteiger partial charge is 0.299 e. The summed E-state index contributed by atoms with van der Waals surface area (Å²) in [5.41, 5.74) is 0.0212. The molecule has 0 fully saturated rings. The van der Waals surface area contributed by atoms with Crippen LogP contribution < -0.4 is 4.90 Å². The van der Waals surface area contributed by atoms with E-state index >= 15 is 0 Å². The molecule has 0 saturated carbocycles. The summed E-state index contributed by atoms with van der Waals surface area (Å²) < 4.78 is 27.4. The summed E-state index contributed by atoms with van der Waals surface area (Å²) in [6.45, 7) is 0.152. The number of thiophene rings is 1. The van der Waals surface area contributed by atoms with E-state index in [0.717, 1.165) is 20.8 Å². The van der Waals surface area contributed by atoms with Crippen molar-refractivity contribution in [3.05, 3.63) is 50.1 Å². The molecule has 0 N–H and O–H groups in total. The van der Waals surface area contributed by atoms with Gasteiger partial charge in [0.15, 0.2) is 11.6 Å². The van der Waals surface area contributed by atoms with Crippen LogP contribution in [0, 0.1) is 11.6 Å². The zero-order valence-corrected chi connectivity index (χ0v) is 12.2. The quantitative estimate of drug-likeness (QED) is 0.771. The Morgan fingerprint density at radius 2 is 1.85 bits per heavy atom. The highest BCUT2D eigenvalue weighted by Crippen LogP contribution is 2.33. The van der Waals surface area contributed by atoms with Gasteiger partial charge in [0.1, 0.15) is 0 Å². The fourth-order valence-corrected chi connectivity index (χ4v) is 3.51. The molecule has 1 aliphatic rings. The van der Waals surface area contributed by atoms with Crippen LogP contribution >= 0.6 is 27.3 Å². The van der Waals surface area contributed by atoms with Crippen molar-refractivity contribution in [1.82, 2.24) is 0 Å². The number of fused-ring (bicyclic) bond motifs is 1. The highest BCUT2D eigenvalue weighted by Gasteiger charge is 2.37. The maximum Gasteiger partial charge on any atom is 0.299 e. The Morgan fingerprint density at radius 1 is 1.15 bits per heavy atom. The van der Waals surface area contributed by atoms with E-state index in [1.165, 1.54) is 16.2 Å². The van der Waals surface area contributed by atoms with Crippen LogP contribution in [-0.2, 0) is 11.3 Å². The lowest BCUT2D eigenvalue weighted by molar-refractivity contribution is -0.114. The number of carbonyl (C=O) groups is 2. The molecule has 3 rings (SSSR count). The third kappa shape index (κ3) is 2.06. The summed E-state index contributed by atoms with van der Waals surface area (Å²) in [6, 6.07) is 5.27. The number of hydrogen-bond acceptors (Lipinski definition) is 3. The molecule has 1 aromatic heterocycles. The molecule has 0 atom stereocenters. The van der Waals surface area contributed by atoms with Crippen molar-refractivity contribution < 1.29 is 18.4 Å². The molecule has 1 aromatic carbocycles. The molecule has 102 valence electrons. The predicted octanol–water partition coefficient (Wildman–Crippen LogP) is 3.52. The number of rotatable bonds is 2. The van der Waals surface area contributed by atoms with Crippen LogP contribution in [0.15, 0.2) is 28.1 Å². The van der Waals surface area contributed by atoms with Crippen molar-refractivity contribution in [3.63, 3.8) is 0 Å². The number of halogens is 3. The number of ketones is 1. The van der Waals surface area contributed by atoms with Gasteiger partial charge in [0.2, 0.25) is 0 Å². The van der Waals surface area contributed by atoms with Gasteiger partial charge in [0.25, 0.3) is 11.7 Å². The summed E-state index contributed by atoms with van der Waals surface area (Å²) in [5.74, 6) is -3.79. The summed E-state index contributed by atoms with van der Waals surface area (Å²) in [4.78, 5) is 25.7. The van der Waals surface area contributed by atoms with Crippen molar-refractivity contribution >= 4 is 44.6 Å². The van der Waals surface area contributed by atoms with Crippen molar-refractivity contribution in [2.24, 2.45) is 0 Å². The van der Waals surface area contributed by atoms with Gasteiger partial charge < -0.3 is 0 Å². The van der Waals surface area contributed by atoms with Crippen molar-refractivity contribution in [3.8, 4) is 0 Å². The Kier molecular flexibility index (Phi) is 3.18. The van der Waals surface area contributed by atoms with Crippen LogP contribution in [-0.4, -0.2) is 11.7 Å². The highest BCUT2D eigenvalue weighted by molar-refractivity contribution is 9.11. The van der Waals surface area contributed by atoms with Crippen molar-refractivity contribution in [2.75, 3.05) is 4.90 Å². The van der Waals surface area contributed by atoms with Gasteiger partial charge in [-0.15, -0.1) is 11.3 Å². The minimum absolute atomic E-state index is 0.0930. The van der Waals surface area contributed by atoms with Crippen molar-refractivity contribution in [2.45, 2.75) is 6.54 Å². The molecule has 2 heterocycles. The van der Waals surface area contributed by atoms with Crippen LogP contribution in [0.25, 0.3) is 0 Å². The molecule has 0 unspecified atom stereocenters. The summed E-state index contributed by atoms with van der Waals surface area (Å²) in [6.07, 6.45) is 0. The van der Waals surface area contributed by atoms with Gasteiger partial charge in [-0.2, -0.15) is 0 Å². The maximum atomic E-state index is 13.3. The molecule has 20 heavy (non-hydrogen) atoms. The lowest BCUT2D eigenvalue weighted by Gasteiger charge is -2.15. The van der Waals surface area contributed by atoms with Crippen LogP contribution in [0.4, 0.5) is 14.5 Å². The number of Topliss-reactive ketones (excluding diaryl/α,β-unsaturated/α-hetero) is 1. The summed E-state index contributed by atoms with van der Waals surface area (Å²) >= 11 is 4.70. The molecule has 1 aliphatic heterocycles. The Hall–Kier alpha value is -1.60. The SMILES string of the molecule is O=C1C(=O)N(Cc2ccc(Br)s2)c2cc(F)c(F)cc21. The molecule has 0 saturated heterocycles. The summed E-state index contributed by atoms with van der Waals surface area (Å²) in [5, 5.41) is 0. The van der Waals surface area contributed by atoms with Gasteiger partial charge in [-0.05, 0) is 34.1 Å². The van der Waals surface area contributed by atoms with Gasteiger partial charge in [-0.3, -0.25) is 14.5 Å². The first-order valence-corrected chi connectivity index (χ1v) is 7.18. The molecule has 3 nitrogen and oxygen atoms in total. The molecule has 7 heteroatoms. The number of hydrogen-bond donors (Lipinski definition) is 0. The molecule has 0 aliphatic carbocycles. The Labute approximate surface area is 124 Å². The number of amides is 1. The molecular formula is C13H6BrF2NO2S. The van der Waals surface area contributed by atoms with E-state index in [0.29, 0.717) is 0 Å². The van der Waals surface area contributed by atoms with Gasteiger partial charge in [0.05, 0.1) is 21.6 Å². The van der Waals surface area contributed by atoms with E-state index in [9.17, 15) is 18.4 Å². The minimum Gasteiger partial charge on any atom is -0.299 e. The van der Waals surface area contributed by atoms with E-state index < -0.39 is 23.3 Å². The zero-order valence-electron chi connectivity index (χ0n) is 9.82. The molecule has 1 amide bonds. The number of carbonyl (C=O) groups excluding carboxylic acids is 2. The number of anilines is 1. The van der Waals surface area contributed by atoms with Crippen LogP contribution in [0.1, 0.15) is 15.2 Å². The van der Waals surface area contributed by atoms with Crippen LogP contribution in [0.3, 0.4) is 0 Å². The molecule has 0 bridgehead atoms. The molecule has 2 aromatic rings. The van der Waals surface area contributed by atoms with E-state index in [-0.39, 0.29) is 17.8 Å². The normalized spacial score (nSPS) is 14.1. The smallest absolute Gasteiger partial charge is 0.299 e. The Morgan fingerprint density at radius 3 is 2.50 bits per heavy atom. The topological polar surface area (TPSA) is 37.4 Å². The first kappa shape index (κ1) is 13.4. The van der Waals surface area contributed by atoms with Gasteiger partial charge in [-0.25, -0.2) is 8.78 Å². The van der Waals surface area contributed by atoms with Gasteiger partial charge >= 0.3 is 0 Å². The Bertz CT molecular complexity index is 744. The monoisotopic (exact) mass is 357 g/mol. The van der Waals surface area contributed by atoms with Gasteiger partial charge in [-0.1, -0.05) is 0 Å². The second-order valence-corrected chi connectivity index (χ2v) is 6.76. The lowest BCUT2D eigenvalue weighted by Crippen LogP contribution is -2.28. The Balaban J connectivity index is 2.03. The first-order chi connectivity index (χ1) is 9.47. The standard InChI is InChI=1S/C13H6BrF2NO2S/c14-11-2-1-6(20-11)5-17-10-4-9(16)8(15)3-7(10)12(18)13(17)19/h1-4H,5H2. The number of nitrogens with zero attached hydrogens (tertiary/aromatic N) is 1. The van der Waals surface area contributed by atoms with Crippen LogP contribution in [0.5, 0.6) is 0 Å². The second kappa shape index (κ2) is 4.75. The van der Waals surface area contributed by atoms with E-state index in [2.05, 4.69) is 15.9 Å². The highest BCUT2D eigenvalue weighted by atomic mass is 79.9. The zero-order chi connectivity index (χ0) is 14.4. The molecule has 0 radical (unpaired) electrons. The first-order valence-electron chi connectivity index (χ1n) is 5.57. The maximum absolute atomic E-state index is 13.3. The molecule has 0 spiro atoms. The minimum atomic E-state index is -1.13. The third-order valence-electron chi connectivity index (χ3n) is 2.96.